The van der Waals surface area contributed by atoms with Crippen molar-refractivity contribution in [1.29, 1.82) is 0 Å². The van der Waals surface area contributed by atoms with Crippen LogP contribution in [0.5, 0.6) is 0 Å². The molecule has 0 unspecified atom stereocenters. The molecule has 1 aliphatic rings. The van der Waals surface area contributed by atoms with E-state index in [0.29, 0.717) is 0 Å². The smallest absolute Gasteiger partial charge is 0.159 e. The van der Waals surface area contributed by atoms with Gasteiger partial charge in [0.15, 0.2) is 5.78 Å². The molecule has 0 aromatic heterocycles. The van der Waals surface area contributed by atoms with Gasteiger partial charge in [0.05, 0.1) is 0 Å². The summed E-state index contributed by atoms with van der Waals surface area (Å²) in [4.78, 5) is 11.1. The van der Waals surface area contributed by atoms with Crippen LogP contribution in [0.2, 0.25) is 0 Å². The van der Waals surface area contributed by atoms with Gasteiger partial charge in [0.1, 0.15) is 0 Å². The van der Waals surface area contributed by atoms with Crippen LogP contribution in [0.1, 0.15) is 55.1 Å². The first-order valence-corrected chi connectivity index (χ1v) is 5.90. The van der Waals surface area contributed by atoms with Gasteiger partial charge in [-0.2, -0.15) is 0 Å². The Morgan fingerprint density at radius 1 is 1.07 bits per heavy atom. The molecule has 0 atom stereocenters. The van der Waals surface area contributed by atoms with E-state index in [1.54, 1.807) is 6.92 Å². The monoisotopic (exact) mass is 204 g/mol. The molecule has 1 aromatic rings. The Morgan fingerprint density at radius 2 is 1.67 bits per heavy atom. The number of carbonyl (C=O) groups is 1. The highest BCUT2D eigenvalue weighted by atomic mass is 16.1. The number of ketones is 1. The molecule has 2 rings (SSSR count). The Bertz CT molecular complexity index is 339. The largest absolute Gasteiger partial charge is 0.295 e. The third-order valence-electron chi connectivity index (χ3n) is 2.76. The van der Waals surface area contributed by atoms with E-state index >= 15 is 0 Å². The van der Waals surface area contributed by atoms with Crippen LogP contribution in [0, 0.1) is 0 Å². The number of Topliss-reactive ketones (excluding diaryl/α,β-unsaturated/α-hetero) is 1. The molecule has 0 bridgehead atoms. The van der Waals surface area contributed by atoms with Crippen molar-refractivity contribution in [1.82, 2.24) is 0 Å². The molecule has 0 saturated heterocycles. The highest BCUT2D eigenvalue weighted by molar-refractivity contribution is 5.94. The van der Waals surface area contributed by atoms with Gasteiger partial charge in [0.2, 0.25) is 0 Å². The lowest BCUT2D eigenvalue weighted by Gasteiger charge is -2.15. The van der Waals surface area contributed by atoms with E-state index in [0.717, 1.165) is 12.0 Å². The summed E-state index contributed by atoms with van der Waals surface area (Å²) < 4.78 is 0. The lowest BCUT2D eigenvalue weighted by Crippen LogP contribution is -2.04. The molecular weight excluding hydrogens is 184 g/mol. The van der Waals surface area contributed by atoms with E-state index in [2.05, 4.69) is 12.1 Å². The molecule has 1 heteroatoms. The maximum absolute atomic E-state index is 11.1. The summed E-state index contributed by atoms with van der Waals surface area (Å²) in [6.45, 7) is 5.63. The van der Waals surface area contributed by atoms with Crippen molar-refractivity contribution >= 4 is 5.78 Å². The topological polar surface area (TPSA) is 17.1 Å². The molecule has 1 aliphatic carbocycles. The Labute approximate surface area is 92.5 Å². The summed E-state index contributed by atoms with van der Waals surface area (Å²) >= 11 is 0. The van der Waals surface area contributed by atoms with E-state index in [-0.39, 0.29) is 5.78 Å². The zero-order chi connectivity index (χ0) is 11.3. The van der Waals surface area contributed by atoms with Gasteiger partial charge in [-0.1, -0.05) is 26.0 Å². The number of rotatable bonds is 1. The van der Waals surface area contributed by atoms with Crippen LogP contribution in [-0.2, 0) is 12.8 Å². The van der Waals surface area contributed by atoms with Crippen molar-refractivity contribution in [3.05, 3.63) is 34.9 Å². The normalized spacial score (nSPS) is 13.5. The molecule has 1 aromatic carbocycles. The summed E-state index contributed by atoms with van der Waals surface area (Å²) in [7, 11) is 0. The van der Waals surface area contributed by atoms with Gasteiger partial charge >= 0.3 is 0 Å². The van der Waals surface area contributed by atoms with Crippen LogP contribution >= 0.6 is 0 Å². The predicted octanol–water partition coefficient (Wildman–Crippen LogP) is 3.79. The lowest BCUT2D eigenvalue weighted by atomic mass is 9.90. The number of fused-ring (bicyclic) bond motifs is 1. The van der Waals surface area contributed by atoms with E-state index in [1.807, 2.05) is 19.9 Å². The molecule has 0 aliphatic heterocycles. The quantitative estimate of drug-likeness (QED) is 0.636. The minimum absolute atomic E-state index is 0.174. The second kappa shape index (κ2) is 5.69. The van der Waals surface area contributed by atoms with Crippen LogP contribution in [-0.4, -0.2) is 5.78 Å². The average Bonchev–Trinajstić information content (AvgIpc) is 2.31. The lowest BCUT2D eigenvalue weighted by molar-refractivity contribution is 0.101. The Hall–Kier alpha value is -1.11. The van der Waals surface area contributed by atoms with Crippen LogP contribution in [0.25, 0.3) is 0 Å². The zero-order valence-corrected chi connectivity index (χ0v) is 9.97. The molecule has 0 N–H and O–H groups in total. The maximum atomic E-state index is 11.1. The molecule has 1 nitrogen and oxygen atoms in total. The van der Waals surface area contributed by atoms with E-state index < -0.39 is 0 Å². The highest BCUT2D eigenvalue weighted by Crippen LogP contribution is 2.22. The molecule has 15 heavy (non-hydrogen) atoms. The number of hydrogen-bond acceptors (Lipinski definition) is 1. The van der Waals surface area contributed by atoms with Gasteiger partial charge in [-0.15, -0.1) is 0 Å². The Balaban J connectivity index is 0.000000531. The van der Waals surface area contributed by atoms with Gasteiger partial charge in [-0.25, -0.2) is 0 Å². The number of carbonyl (C=O) groups excluding carboxylic acids is 1. The second-order valence-electron chi connectivity index (χ2n) is 3.75. The van der Waals surface area contributed by atoms with E-state index in [9.17, 15) is 4.79 Å². The summed E-state index contributed by atoms with van der Waals surface area (Å²) in [5, 5.41) is 0. The zero-order valence-electron chi connectivity index (χ0n) is 9.97. The SMILES string of the molecule is CC.CC(=O)c1ccc2c(c1)CCCC2. The second-order valence-corrected chi connectivity index (χ2v) is 3.75. The van der Waals surface area contributed by atoms with Crippen LogP contribution < -0.4 is 0 Å². The molecule has 0 saturated carbocycles. The van der Waals surface area contributed by atoms with Gasteiger partial charge in [-0.05, 0) is 49.8 Å². The summed E-state index contributed by atoms with van der Waals surface area (Å²) in [6.07, 6.45) is 4.91. The molecule has 0 fully saturated rings. The number of hydrogen-bond donors (Lipinski definition) is 0. The third-order valence-corrected chi connectivity index (χ3v) is 2.76. The fraction of sp³-hybridized carbons (Fsp3) is 0.500. The average molecular weight is 204 g/mol. The van der Waals surface area contributed by atoms with E-state index in [1.165, 1.54) is 30.4 Å². The molecule has 0 spiro atoms. The van der Waals surface area contributed by atoms with Crippen LogP contribution in [0.3, 0.4) is 0 Å². The van der Waals surface area contributed by atoms with Crippen LogP contribution in [0.15, 0.2) is 18.2 Å². The first kappa shape index (κ1) is 12.0. The van der Waals surface area contributed by atoms with Crippen molar-refractivity contribution in [2.75, 3.05) is 0 Å². The van der Waals surface area contributed by atoms with Gasteiger partial charge in [0.25, 0.3) is 0 Å². The fourth-order valence-corrected chi connectivity index (χ4v) is 1.95. The molecule has 0 amide bonds. The summed E-state index contributed by atoms with van der Waals surface area (Å²) in [5.74, 6) is 0.174. The van der Waals surface area contributed by atoms with Gasteiger partial charge < -0.3 is 0 Å². The summed E-state index contributed by atoms with van der Waals surface area (Å²) in [6, 6.07) is 6.13. The highest BCUT2D eigenvalue weighted by Gasteiger charge is 2.10. The Kier molecular flexibility index (Phi) is 4.54. The fourth-order valence-electron chi connectivity index (χ4n) is 1.95. The van der Waals surface area contributed by atoms with Crippen molar-refractivity contribution in [3.63, 3.8) is 0 Å². The van der Waals surface area contributed by atoms with Crippen molar-refractivity contribution in [3.8, 4) is 0 Å². The number of aryl methyl sites for hydroxylation is 2. The van der Waals surface area contributed by atoms with Gasteiger partial charge in [0, 0.05) is 5.56 Å². The minimum atomic E-state index is 0.174. The Morgan fingerprint density at radius 3 is 2.27 bits per heavy atom. The van der Waals surface area contributed by atoms with Crippen molar-refractivity contribution in [2.45, 2.75) is 46.5 Å². The standard InChI is InChI=1S/C12H14O.C2H6/c1-9(13)11-7-6-10-4-2-3-5-12(10)8-11;1-2/h6-8H,2-5H2,1H3;1-2H3. The first-order chi connectivity index (χ1) is 7.27. The van der Waals surface area contributed by atoms with Crippen molar-refractivity contribution in [2.24, 2.45) is 0 Å². The third kappa shape index (κ3) is 2.92. The van der Waals surface area contributed by atoms with Gasteiger partial charge in [-0.3, -0.25) is 4.79 Å². The number of benzene rings is 1. The molecule has 82 valence electrons. The predicted molar refractivity (Wildman–Crippen MR) is 64.4 cm³/mol. The summed E-state index contributed by atoms with van der Waals surface area (Å²) in [5.41, 5.74) is 3.69. The maximum Gasteiger partial charge on any atom is 0.159 e. The minimum Gasteiger partial charge on any atom is -0.295 e. The molecule has 0 heterocycles. The van der Waals surface area contributed by atoms with Crippen LogP contribution in [0.4, 0.5) is 0 Å². The molecule has 0 radical (unpaired) electrons. The molecular formula is C14H20O. The van der Waals surface area contributed by atoms with Crippen molar-refractivity contribution < 1.29 is 4.79 Å². The van der Waals surface area contributed by atoms with E-state index in [4.69, 9.17) is 0 Å². The first-order valence-electron chi connectivity index (χ1n) is 5.90.